The number of rotatable bonds is 5. The summed E-state index contributed by atoms with van der Waals surface area (Å²) in [5, 5.41) is 7.38. The summed E-state index contributed by atoms with van der Waals surface area (Å²) in [4.78, 5) is 24.8. The molecule has 0 atom stereocenters. The molecule has 1 fully saturated rings. The minimum absolute atomic E-state index is 0.189. The van der Waals surface area contributed by atoms with Crippen LogP contribution in [0.2, 0.25) is 0 Å². The lowest BCUT2D eigenvalue weighted by Crippen LogP contribution is -2.23. The Labute approximate surface area is 179 Å². The number of methoxy groups -OCH3 is 1. The van der Waals surface area contributed by atoms with Gasteiger partial charge < -0.3 is 15.0 Å². The highest BCUT2D eigenvalue weighted by atomic mass is 16.5. The van der Waals surface area contributed by atoms with Gasteiger partial charge in [0, 0.05) is 13.1 Å². The number of nitrogens with zero attached hydrogens (tertiary/aromatic N) is 5. The molecule has 4 aromatic rings. The Morgan fingerprint density at radius 2 is 1.65 bits per heavy atom. The van der Waals surface area contributed by atoms with Gasteiger partial charge in [0.15, 0.2) is 23.1 Å². The van der Waals surface area contributed by atoms with Crippen molar-refractivity contribution in [1.29, 1.82) is 0 Å². The number of benzene rings is 2. The fourth-order valence-electron chi connectivity index (χ4n) is 3.77. The van der Waals surface area contributed by atoms with Crippen molar-refractivity contribution >= 4 is 28.6 Å². The summed E-state index contributed by atoms with van der Waals surface area (Å²) >= 11 is 0. The molecule has 156 valence electrons. The summed E-state index contributed by atoms with van der Waals surface area (Å²) in [5.74, 6) is 1.11. The lowest BCUT2D eigenvalue weighted by atomic mass is 10.3. The van der Waals surface area contributed by atoms with E-state index in [9.17, 15) is 4.79 Å². The molecule has 2 aromatic heterocycles. The highest BCUT2D eigenvalue weighted by Gasteiger charge is 2.24. The normalized spacial score (nSPS) is 13.5. The van der Waals surface area contributed by atoms with Crippen molar-refractivity contribution in [2.24, 2.45) is 0 Å². The van der Waals surface area contributed by atoms with E-state index in [2.05, 4.69) is 15.3 Å². The number of amides is 1. The van der Waals surface area contributed by atoms with E-state index in [-0.39, 0.29) is 5.69 Å². The van der Waals surface area contributed by atoms with Crippen LogP contribution in [0, 0.1) is 0 Å². The van der Waals surface area contributed by atoms with E-state index in [0.717, 1.165) is 42.7 Å². The number of carbonyl (C=O) groups is 1. The molecule has 0 aliphatic carbocycles. The largest absolute Gasteiger partial charge is 0.493 e. The zero-order chi connectivity index (χ0) is 21.2. The molecule has 1 aliphatic heterocycles. The van der Waals surface area contributed by atoms with E-state index in [4.69, 9.17) is 14.7 Å². The second-order valence-corrected chi connectivity index (χ2v) is 7.36. The summed E-state index contributed by atoms with van der Waals surface area (Å²) in [7, 11) is 1.52. The molecule has 0 spiro atoms. The Kier molecular flexibility index (Phi) is 4.95. The smallest absolute Gasteiger partial charge is 0.281 e. The van der Waals surface area contributed by atoms with E-state index in [1.54, 1.807) is 10.9 Å². The fourth-order valence-corrected chi connectivity index (χ4v) is 3.77. The van der Waals surface area contributed by atoms with Crippen molar-refractivity contribution in [3.05, 3.63) is 66.5 Å². The van der Waals surface area contributed by atoms with Gasteiger partial charge in [-0.2, -0.15) is 5.10 Å². The van der Waals surface area contributed by atoms with Crippen LogP contribution in [-0.2, 0) is 0 Å². The molecule has 31 heavy (non-hydrogen) atoms. The molecule has 0 saturated carbocycles. The molecular formula is C23H22N6O2. The van der Waals surface area contributed by atoms with Crippen LogP contribution < -0.4 is 15.0 Å². The Hall–Kier alpha value is -3.94. The minimum atomic E-state index is -0.392. The first-order valence-corrected chi connectivity index (χ1v) is 10.2. The number of carbonyl (C=O) groups excluding carboxylic acids is 1. The van der Waals surface area contributed by atoms with Gasteiger partial charge in [-0.15, -0.1) is 0 Å². The van der Waals surface area contributed by atoms with Crippen molar-refractivity contribution in [1.82, 2.24) is 19.7 Å². The fraction of sp³-hybridized carbons (Fsp3) is 0.217. The molecule has 3 heterocycles. The van der Waals surface area contributed by atoms with E-state index in [1.807, 2.05) is 54.6 Å². The van der Waals surface area contributed by atoms with E-state index >= 15 is 0 Å². The van der Waals surface area contributed by atoms with Gasteiger partial charge in [0.25, 0.3) is 5.91 Å². The van der Waals surface area contributed by atoms with Crippen LogP contribution in [0.5, 0.6) is 5.75 Å². The molecule has 1 N–H and O–H groups in total. The third kappa shape index (κ3) is 3.68. The van der Waals surface area contributed by atoms with E-state index in [1.165, 1.54) is 7.11 Å². The molecule has 5 rings (SSSR count). The van der Waals surface area contributed by atoms with Crippen LogP contribution in [0.15, 0.2) is 60.8 Å². The Morgan fingerprint density at radius 1 is 0.968 bits per heavy atom. The predicted molar refractivity (Wildman–Crippen MR) is 119 cm³/mol. The van der Waals surface area contributed by atoms with Crippen LogP contribution in [0.3, 0.4) is 0 Å². The standard InChI is InChI=1S/C23H22N6O2/c1-31-19-15-29(16-9-3-2-4-10-16)27-20(19)23(30)26-21-22(28-13-7-8-14-28)25-18-12-6-5-11-17(18)24-21/h2-6,9-12,15H,7-8,13-14H2,1H3,(H,24,26,30). The summed E-state index contributed by atoms with van der Waals surface area (Å²) in [6, 6.07) is 17.2. The molecule has 1 amide bonds. The van der Waals surface area contributed by atoms with E-state index in [0.29, 0.717) is 17.4 Å². The molecule has 0 radical (unpaired) electrons. The zero-order valence-electron chi connectivity index (χ0n) is 17.2. The van der Waals surface area contributed by atoms with Gasteiger partial charge in [-0.3, -0.25) is 4.79 Å². The third-order valence-corrected chi connectivity index (χ3v) is 5.33. The zero-order valence-corrected chi connectivity index (χ0v) is 17.2. The quantitative estimate of drug-likeness (QED) is 0.536. The van der Waals surface area contributed by atoms with Gasteiger partial charge in [-0.05, 0) is 37.1 Å². The number of ether oxygens (including phenoxy) is 1. The summed E-state index contributed by atoms with van der Waals surface area (Å²) < 4.78 is 7.04. The number of para-hydroxylation sites is 3. The molecule has 0 bridgehead atoms. The van der Waals surface area contributed by atoms with Crippen LogP contribution in [0.4, 0.5) is 11.6 Å². The van der Waals surface area contributed by atoms with Crippen molar-refractivity contribution in [2.75, 3.05) is 30.4 Å². The summed E-state index contributed by atoms with van der Waals surface area (Å²) in [5.41, 5.74) is 2.55. The topological polar surface area (TPSA) is 85.2 Å². The maximum atomic E-state index is 13.2. The third-order valence-electron chi connectivity index (χ3n) is 5.33. The Bertz CT molecular complexity index is 1230. The van der Waals surface area contributed by atoms with Crippen molar-refractivity contribution < 1.29 is 9.53 Å². The number of aromatic nitrogens is 4. The van der Waals surface area contributed by atoms with Crippen LogP contribution >= 0.6 is 0 Å². The van der Waals surface area contributed by atoms with Gasteiger partial charge >= 0.3 is 0 Å². The van der Waals surface area contributed by atoms with Crippen LogP contribution in [-0.4, -0.2) is 45.9 Å². The number of anilines is 2. The second-order valence-electron chi connectivity index (χ2n) is 7.36. The van der Waals surface area contributed by atoms with Gasteiger partial charge in [0.1, 0.15) is 0 Å². The Morgan fingerprint density at radius 3 is 2.35 bits per heavy atom. The molecule has 8 nitrogen and oxygen atoms in total. The van der Waals surface area contributed by atoms with Crippen molar-refractivity contribution in [2.45, 2.75) is 12.8 Å². The molecular weight excluding hydrogens is 392 g/mol. The van der Waals surface area contributed by atoms with Gasteiger partial charge in [-0.25, -0.2) is 14.6 Å². The van der Waals surface area contributed by atoms with Crippen LogP contribution in [0.25, 0.3) is 16.7 Å². The molecule has 0 unspecified atom stereocenters. The lowest BCUT2D eigenvalue weighted by Gasteiger charge is -2.20. The molecule has 1 aliphatic rings. The monoisotopic (exact) mass is 414 g/mol. The highest BCUT2D eigenvalue weighted by molar-refractivity contribution is 6.06. The van der Waals surface area contributed by atoms with Gasteiger partial charge in [-0.1, -0.05) is 30.3 Å². The van der Waals surface area contributed by atoms with E-state index < -0.39 is 5.91 Å². The average molecular weight is 414 g/mol. The molecule has 2 aromatic carbocycles. The first-order valence-electron chi connectivity index (χ1n) is 10.2. The number of fused-ring (bicyclic) bond motifs is 1. The number of hydrogen-bond donors (Lipinski definition) is 1. The molecule has 1 saturated heterocycles. The predicted octanol–water partition coefficient (Wildman–Crippen LogP) is 3.68. The SMILES string of the molecule is COc1cn(-c2ccccc2)nc1C(=O)Nc1nc2ccccc2nc1N1CCCC1. The molecule has 8 heteroatoms. The Balaban J connectivity index is 1.52. The summed E-state index contributed by atoms with van der Waals surface area (Å²) in [6.07, 6.45) is 3.88. The summed E-state index contributed by atoms with van der Waals surface area (Å²) in [6.45, 7) is 1.78. The van der Waals surface area contributed by atoms with Gasteiger partial charge in [0.05, 0.1) is 30.0 Å². The van der Waals surface area contributed by atoms with Crippen molar-refractivity contribution in [3.63, 3.8) is 0 Å². The second kappa shape index (κ2) is 8.06. The average Bonchev–Trinajstić information content (AvgIpc) is 3.49. The maximum absolute atomic E-state index is 13.2. The van der Waals surface area contributed by atoms with Gasteiger partial charge in [0.2, 0.25) is 0 Å². The lowest BCUT2D eigenvalue weighted by molar-refractivity contribution is 0.101. The maximum Gasteiger partial charge on any atom is 0.281 e. The van der Waals surface area contributed by atoms with Crippen LogP contribution in [0.1, 0.15) is 23.3 Å². The highest BCUT2D eigenvalue weighted by Crippen LogP contribution is 2.29. The first-order chi connectivity index (χ1) is 15.2. The number of nitrogens with one attached hydrogen (secondary N) is 1. The number of hydrogen-bond acceptors (Lipinski definition) is 6. The van der Waals surface area contributed by atoms with Crippen molar-refractivity contribution in [3.8, 4) is 11.4 Å². The first kappa shape index (κ1) is 19.0. The minimum Gasteiger partial charge on any atom is -0.493 e.